The van der Waals surface area contributed by atoms with E-state index < -0.39 is 55.8 Å². The first-order chi connectivity index (χ1) is 10.2. The number of nitro groups is 2. The Morgan fingerprint density at radius 2 is 1.14 bits per heavy atom. The highest BCUT2D eigenvalue weighted by Gasteiger charge is 2.43. The van der Waals surface area contributed by atoms with Crippen LogP contribution in [-0.2, 0) is 0 Å². The van der Waals surface area contributed by atoms with E-state index in [1.54, 1.807) is 0 Å². The second-order valence-corrected chi connectivity index (χ2v) is 3.64. The fourth-order valence-corrected chi connectivity index (χ4v) is 1.82. The van der Waals surface area contributed by atoms with Crippen LogP contribution < -0.4 is 9.47 Å². The Balaban J connectivity index is 4.24. The van der Waals surface area contributed by atoms with Gasteiger partial charge < -0.3 is 19.7 Å². The average Bonchev–Trinajstić information content (AvgIpc) is 2.42. The number of carboxylic acid groups (broad SMARTS) is 2. The first kappa shape index (κ1) is 16.6. The molecular weight excluding hydrogens is 308 g/mol. The van der Waals surface area contributed by atoms with E-state index in [0.717, 1.165) is 14.2 Å². The number of nitro benzene ring substituents is 2. The van der Waals surface area contributed by atoms with Crippen LogP contribution in [0.25, 0.3) is 0 Å². The molecule has 0 aliphatic heterocycles. The summed E-state index contributed by atoms with van der Waals surface area (Å²) in [6, 6.07) is 0. The lowest BCUT2D eigenvalue weighted by atomic mass is 10.0. The maximum Gasteiger partial charge on any atom is 0.347 e. The Morgan fingerprint density at radius 3 is 1.27 bits per heavy atom. The Bertz CT molecular complexity index is 583. The van der Waals surface area contributed by atoms with Gasteiger partial charge in [-0.15, -0.1) is 0 Å². The number of hydrogen-bond donors (Lipinski definition) is 2. The molecule has 12 heteroatoms. The lowest BCUT2D eigenvalue weighted by Crippen LogP contribution is -2.14. The summed E-state index contributed by atoms with van der Waals surface area (Å²) >= 11 is 0. The van der Waals surface area contributed by atoms with Crippen LogP contribution in [0.2, 0.25) is 0 Å². The summed E-state index contributed by atoms with van der Waals surface area (Å²) in [6.45, 7) is 0. The summed E-state index contributed by atoms with van der Waals surface area (Å²) in [5.41, 5.74) is -4.87. The van der Waals surface area contributed by atoms with Gasteiger partial charge in [0.25, 0.3) is 0 Å². The number of nitrogens with zero attached hydrogens (tertiary/aromatic N) is 2. The number of ether oxygens (including phenoxy) is 2. The Hall–Kier alpha value is -3.44. The number of rotatable bonds is 6. The minimum Gasteiger partial charge on any atom is -0.489 e. The van der Waals surface area contributed by atoms with Crippen molar-refractivity contribution in [3.8, 4) is 11.5 Å². The standard InChI is InChI=1S/C10H8N2O10/c1-21-7-3(9(13)14)6(12(19)20)8(22-2)4(10(15)16)5(7)11(17)18/h1-2H3,(H,13,14)(H,15,16). The Kier molecular flexibility index (Phi) is 4.46. The van der Waals surface area contributed by atoms with Crippen LogP contribution >= 0.6 is 0 Å². The van der Waals surface area contributed by atoms with Crippen LogP contribution in [0, 0.1) is 20.2 Å². The Morgan fingerprint density at radius 1 is 0.864 bits per heavy atom. The third kappa shape index (κ3) is 2.44. The van der Waals surface area contributed by atoms with Crippen LogP contribution in [0.15, 0.2) is 0 Å². The highest BCUT2D eigenvalue weighted by molar-refractivity contribution is 6.06. The third-order valence-corrected chi connectivity index (χ3v) is 2.56. The van der Waals surface area contributed by atoms with E-state index >= 15 is 0 Å². The molecule has 0 amide bonds. The normalized spacial score (nSPS) is 9.91. The van der Waals surface area contributed by atoms with E-state index in [4.69, 9.17) is 10.2 Å². The molecule has 0 bridgehead atoms. The molecule has 1 rings (SSSR count). The highest BCUT2D eigenvalue weighted by atomic mass is 16.6. The van der Waals surface area contributed by atoms with Crippen LogP contribution in [0.4, 0.5) is 11.4 Å². The molecule has 0 fully saturated rings. The van der Waals surface area contributed by atoms with E-state index in [0.29, 0.717) is 0 Å². The van der Waals surface area contributed by atoms with Crippen molar-refractivity contribution in [2.45, 2.75) is 0 Å². The zero-order valence-electron chi connectivity index (χ0n) is 11.1. The van der Waals surface area contributed by atoms with Crippen molar-refractivity contribution in [3.05, 3.63) is 31.4 Å². The van der Waals surface area contributed by atoms with E-state index in [1.165, 1.54) is 0 Å². The van der Waals surface area contributed by atoms with Gasteiger partial charge in [-0.2, -0.15) is 0 Å². The molecule has 0 aromatic heterocycles. The van der Waals surface area contributed by atoms with Crippen molar-refractivity contribution in [1.29, 1.82) is 0 Å². The maximum atomic E-state index is 11.2. The monoisotopic (exact) mass is 316 g/mol. The highest BCUT2D eigenvalue weighted by Crippen LogP contribution is 2.47. The number of carbonyl (C=O) groups is 2. The molecule has 0 aliphatic rings. The van der Waals surface area contributed by atoms with Crippen molar-refractivity contribution >= 4 is 23.3 Å². The van der Waals surface area contributed by atoms with Crippen molar-refractivity contribution in [2.75, 3.05) is 14.2 Å². The molecule has 0 radical (unpaired) electrons. The SMILES string of the molecule is COc1c(C(=O)O)c([N+](=O)[O-])c(OC)c(C(=O)O)c1[N+](=O)[O-]. The topological polar surface area (TPSA) is 179 Å². The summed E-state index contributed by atoms with van der Waals surface area (Å²) < 4.78 is 9.07. The zero-order chi connectivity index (χ0) is 17.2. The molecule has 0 spiro atoms. The van der Waals surface area contributed by atoms with Gasteiger partial charge in [0.05, 0.1) is 24.1 Å². The van der Waals surface area contributed by atoms with Gasteiger partial charge in [0.1, 0.15) is 0 Å². The van der Waals surface area contributed by atoms with Gasteiger partial charge in [0.15, 0.2) is 11.1 Å². The second kappa shape index (κ2) is 5.90. The lowest BCUT2D eigenvalue weighted by Gasteiger charge is -2.12. The number of aromatic carboxylic acids is 2. The largest absolute Gasteiger partial charge is 0.489 e. The predicted molar refractivity (Wildman–Crippen MR) is 66.8 cm³/mol. The summed E-state index contributed by atoms with van der Waals surface area (Å²) in [5.74, 6) is -5.94. The molecule has 0 saturated heterocycles. The quantitative estimate of drug-likeness (QED) is 0.565. The molecule has 118 valence electrons. The third-order valence-electron chi connectivity index (χ3n) is 2.56. The molecule has 12 nitrogen and oxygen atoms in total. The molecule has 22 heavy (non-hydrogen) atoms. The van der Waals surface area contributed by atoms with Gasteiger partial charge in [-0.3, -0.25) is 20.2 Å². The number of hydrogen-bond acceptors (Lipinski definition) is 8. The molecule has 1 aromatic rings. The maximum absolute atomic E-state index is 11.2. The average molecular weight is 316 g/mol. The predicted octanol–water partition coefficient (Wildman–Crippen LogP) is 0.917. The molecule has 0 saturated carbocycles. The van der Waals surface area contributed by atoms with Gasteiger partial charge in [0.2, 0.25) is 11.5 Å². The molecule has 0 atom stereocenters. The van der Waals surface area contributed by atoms with Gasteiger partial charge in [0, 0.05) is 0 Å². The number of methoxy groups -OCH3 is 2. The van der Waals surface area contributed by atoms with Crippen LogP contribution in [-0.4, -0.2) is 46.2 Å². The van der Waals surface area contributed by atoms with Crippen LogP contribution in [0.3, 0.4) is 0 Å². The van der Waals surface area contributed by atoms with E-state index in [2.05, 4.69) is 9.47 Å². The molecule has 0 unspecified atom stereocenters. The van der Waals surface area contributed by atoms with Crippen LogP contribution in [0.5, 0.6) is 11.5 Å². The van der Waals surface area contributed by atoms with E-state index in [9.17, 15) is 29.8 Å². The van der Waals surface area contributed by atoms with E-state index in [1.807, 2.05) is 0 Å². The number of carboxylic acids is 2. The summed E-state index contributed by atoms with van der Waals surface area (Å²) in [7, 11) is 1.63. The van der Waals surface area contributed by atoms with E-state index in [-0.39, 0.29) is 0 Å². The summed E-state index contributed by atoms with van der Waals surface area (Å²) in [6.07, 6.45) is 0. The summed E-state index contributed by atoms with van der Waals surface area (Å²) in [5, 5.41) is 40.3. The first-order valence-electron chi connectivity index (χ1n) is 5.26. The molecule has 2 N–H and O–H groups in total. The summed E-state index contributed by atoms with van der Waals surface area (Å²) in [4.78, 5) is 42.1. The van der Waals surface area contributed by atoms with Crippen molar-refractivity contribution < 1.29 is 39.1 Å². The minimum atomic E-state index is -1.91. The lowest BCUT2D eigenvalue weighted by molar-refractivity contribution is -0.391. The molecule has 0 aliphatic carbocycles. The van der Waals surface area contributed by atoms with Crippen molar-refractivity contribution in [2.24, 2.45) is 0 Å². The molecular formula is C10H8N2O10. The molecule has 0 heterocycles. The van der Waals surface area contributed by atoms with Gasteiger partial charge in [-0.1, -0.05) is 0 Å². The fraction of sp³-hybridized carbons (Fsp3) is 0.200. The second-order valence-electron chi connectivity index (χ2n) is 3.64. The first-order valence-corrected chi connectivity index (χ1v) is 5.26. The zero-order valence-corrected chi connectivity index (χ0v) is 11.1. The van der Waals surface area contributed by atoms with Gasteiger partial charge >= 0.3 is 23.3 Å². The van der Waals surface area contributed by atoms with Crippen molar-refractivity contribution in [1.82, 2.24) is 0 Å². The van der Waals surface area contributed by atoms with Gasteiger partial charge in [-0.25, -0.2) is 9.59 Å². The van der Waals surface area contributed by atoms with Crippen LogP contribution in [0.1, 0.15) is 20.7 Å². The fourth-order valence-electron chi connectivity index (χ4n) is 1.82. The van der Waals surface area contributed by atoms with Gasteiger partial charge in [-0.05, 0) is 0 Å². The smallest absolute Gasteiger partial charge is 0.347 e. The minimum absolute atomic E-state index is 0.816. The molecule has 1 aromatic carbocycles. The number of benzene rings is 1. The van der Waals surface area contributed by atoms with Crippen molar-refractivity contribution in [3.63, 3.8) is 0 Å². The Labute approximate surface area is 120 Å².